The maximum atomic E-state index is 12.1. The molecule has 0 aliphatic heterocycles. The summed E-state index contributed by atoms with van der Waals surface area (Å²) < 4.78 is 58.9. The fraction of sp³-hybridized carbons (Fsp3) is 0.833. The Morgan fingerprint density at radius 2 is 1.69 bits per heavy atom. The van der Waals surface area contributed by atoms with E-state index in [1.165, 1.54) is 0 Å². The van der Waals surface area contributed by atoms with Crippen molar-refractivity contribution in [2.75, 3.05) is 11.6 Å². The molecular weight excluding hydrogens is 213 g/mol. The van der Waals surface area contributed by atoms with Crippen molar-refractivity contribution < 1.29 is 22.0 Å². The van der Waals surface area contributed by atoms with E-state index in [-0.39, 0.29) is 11.6 Å². The summed E-state index contributed by atoms with van der Waals surface area (Å²) in [7, 11) is 0. The van der Waals surface area contributed by atoms with E-state index in [2.05, 4.69) is 4.85 Å². The molecule has 0 bridgehead atoms. The Morgan fingerprint density at radius 3 is 2.08 bits per heavy atom. The molecule has 0 atom stereocenters. The van der Waals surface area contributed by atoms with Crippen LogP contribution in [0, 0.1) is 6.57 Å². The maximum Gasteiger partial charge on any atom is 0.453 e. The summed E-state index contributed by atoms with van der Waals surface area (Å²) in [5.41, 5.74) is 0. The zero-order chi connectivity index (χ0) is 10.5. The Morgan fingerprint density at radius 1 is 1.15 bits per heavy atom. The molecule has 0 fully saturated rings. The summed E-state index contributed by atoms with van der Waals surface area (Å²) in [6.07, 6.45) is -6.75. The third-order valence-electron chi connectivity index (χ3n) is 1.13. The first-order valence-corrected chi connectivity index (χ1v) is 4.32. The van der Waals surface area contributed by atoms with Gasteiger partial charge in [0.1, 0.15) is 0 Å². The highest BCUT2D eigenvalue weighted by atomic mass is 32.2. The van der Waals surface area contributed by atoms with Gasteiger partial charge in [0.05, 0.1) is 0 Å². The molecule has 0 heterocycles. The van der Waals surface area contributed by atoms with Crippen molar-refractivity contribution in [1.29, 1.82) is 0 Å². The fourth-order valence-electron chi connectivity index (χ4n) is 0.452. The Bertz CT molecular complexity index is 194. The van der Waals surface area contributed by atoms with Crippen LogP contribution in [0.4, 0.5) is 22.0 Å². The summed E-state index contributed by atoms with van der Waals surface area (Å²) in [5.74, 6) is -5.09. The Kier molecular flexibility index (Phi) is 4.47. The maximum absolute atomic E-state index is 12.1. The molecule has 0 spiro atoms. The van der Waals surface area contributed by atoms with Gasteiger partial charge >= 0.3 is 12.1 Å². The second-order valence-electron chi connectivity index (χ2n) is 2.15. The summed E-state index contributed by atoms with van der Waals surface area (Å²) in [6.45, 7) is 6.25. The summed E-state index contributed by atoms with van der Waals surface area (Å²) >= 11 is 0.762. The highest BCUT2D eigenvalue weighted by molar-refractivity contribution is 7.99. The van der Waals surface area contributed by atoms with Gasteiger partial charge in [0.25, 0.3) is 5.88 Å². The monoisotopic (exact) mass is 219 g/mol. The van der Waals surface area contributed by atoms with Crippen LogP contribution >= 0.6 is 11.8 Å². The molecule has 0 unspecified atom stereocenters. The van der Waals surface area contributed by atoms with Crippen molar-refractivity contribution in [3.63, 3.8) is 0 Å². The molecule has 76 valence electrons. The fourth-order valence-corrected chi connectivity index (χ4v) is 1.07. The Labute approximate surface area is 76.1 Å². The minimum absolute atomic E-state index is 0.0893. The number of halogens is 5. The van der Waals surface area contributed by atoms with E-state index in [0.717, 1.165) is 11.8 Å². The number of nitrogens with zero attached hydrogens (tertiary/aromatic N) is 1. The zero-order valence-electron chi connectivity index (χ0n) is 6.37. The average molecular weight is 219 g/mol. The first-order chi connectivity index (χ1) is 5.81. The Balaban J connectivity index is 3.85. The second kappa shape index (κ2) is 4.65. The lowest BCUT2D eigenvalue weighted by atomic mass is 10.2. The molecule has 0 amide bonds. The number of rotatable bonds is 4. The van der Waals surface area contributed by atoms with Gasteiger partial charge < -0.3 is 4.85 Å². The van der Waals surface area contributed by atoms with Crippen molar-refractivity contribution in [1.82, 2.24) is 0 Å². The van der Waals surface area contributed by atoms with E-state index < -0.39 is 18.5 Å². The van der Waals surface area contributed by atoms with Crippen molar-refractivity contribution in [2.45, 2.75) is 18.5 Å². The molecule has 0 rings (SSSR count). The lowest BCUT2D eigenvalue weighted by Gasteiger charge is -2.18. The molecule has 0 aliphatic carbocycles. The van der Waals surface area contributed by atoms with Gasteiger partial charge in [0.15, 0.2) is 0 Å². The average Bonchev–Trinajstić information content (AvgIpc) is 1.96. The quantitative estimate of drug-likeness (QED) is 0.399. The predicted octanol–water partition coefficient (Wildman–Crippen LogP) is 3.18. The standard InChI is InChI=1S/C6H6F5NS/c1-12-4-13-3-2-5(7,8)6(9,10)11/h2-4H2. The number of thioether (sulfide) groups is 1. The first kappa shape index (κ1) is 12.5. The minimum Gasteiger partial charge on any atom is -0.305 e. The summed E-state index contributed by atoms with van der Waals surface area (Å²) in [5, 5.41) is 0. The molecular formula is C6H6F5NS. The molecule has 7 heteroatoms. The normalized spacial score (nSPS) is 12.6. The number of alkyl halides is 5. The van der Waals surface area contributed by atoms with Crippen LogP contribution in [0.2, 0.25) is 0 Å². The van der Waals surface area contributed by atoms with Crippen LogP contribution in [0.1, 0.15) is 6.42 Å². The van der Waals surface area contributed by atoms with Crippen LogP contribution in [-0.4, -0.2) is 23.7 Å². The van der Waals surface area contributed by atoms with Crippen LogP contribution in [-0.2, 0) is 0 Å². The smallest absolute Gasteiger partial charge is 0.305 e. The van der Waals surface area contributed by atoms with Gasteiger partial charge in [0.2, 0.25) is 0 Å². The summed E-state index contributed by atoms with van der Waals surface area (Å²) in [6, 6.07) is 0. The predicted molar refractivity (Wildman–Crippen MR) is 39.5 cm³/mol. The van der Waals surface area contributed by atoms with E-state index in [9.17, 15) is 22.0 Å². The highest BCUT2D eigenvalue weighted by Gasteiger charge is 2.56. The van der Waals surface area contributed by atoms with E-state index >= 15 is 0 Å². The van der Waals surface area contributed by atoms with Crippen molar-refractivity contribution in [3.05, 3.63) is 11.4 Å². The molecule has 0 aromatic rings. The van der Waals surface area contributed by atoms with Gasteiger partial charge in [-0.1, -0.05) is 11.8 Å². The van der Waals surface area contributed by atoms with Gasteiger partial charge in [-0.3, -0.25) is 0 Å². The van der Waals surface area contributed by atoms with Crippen molar-refractivity contribution in [2.24, 2.45) is 0 Å². The van der Waals surface area contributed by atoms with E-state index in [1.54, 1.807) is 0 Å². The summed E-state index contributed by atoms with van der Waals surface area (Å²) in [4.78, 5) is 2.80. The molecule has 13 heavy (non-hydrogen) atoms. The zero-order valence-corrected chi connectivity index (χ0v) is 7.18. The van der Waals surface area contributed by atoms with E-state index in [1.807, 2.05) is 0 Å². The molecule has 0 aliphatic rings. The van der Waals surface area contributed by atoms with Crippen LogP contribution in [0.15, 0.2) is 0 Å². The molecule has 0 aromatic heterocycles. The van der Waals surface area contributed by atoms with Gasteiger partial charge in [-0.15, -0.1) is 0 Å². The lowest BCUT2D eigenvalue weighted by molar-refractivity contribution is -0.282. The SMILES string of the molecule is [C-]#[N+]CSCCC(F)(F)C(F)(F)F. The van der Waals surface area contributed by atoms with Crippen molar-refractivity contribution >= 4 is 11.8 Å². The van der Waals surface area contributed by atoms with Crippen LogP contribution in [0.25, 0.3) is 4.85 Å². The molecule has 0 saturated heterocycles. The molecule has 0 radical (unpaired) electrons. The number of hydrogen-bond acceptors (Lipinski definition) is 1. The third-order valence-corrected chi connectivity index (χ3v) is 1.94. The van der Waals surface area contributed by atoms with Crippen LogP contribution in [0.3, 0.4) is 0 Å². The van der Waals surface area contributed by atoms with Crippen molar-refractivity contribution in [3.8, 4) is 0 Å². The molecule has 0 aromatic carbocycles. The van der Waals surface area contributed by atoms with E-state index in [4.69, 9.17) is 6.57 Å². The highest BCUT2D eigenvalue weighted by Crippen LogP contribution is 2.38. The second-order valence-corrected chi connectivity index (χ2v) is 3.22. The molecule has 0 N–H and O–H groups in total. The minimum atomic E-state index is -5.48. The third kappa shape index (κ3) is 4.31. The van der Waals surface area contributed by atoms with Crippen LogP contribution < -0.4 is 0 Å². The largest absolute Gasteiger partial charge is 0.453 e. The number of hydrogen-bond donors (Lipinski definition) is 0. The van der Waals surface area contributed by atoms with Crippen LogP contribution in [0.5, 0.6) is 0 Å². The lowest BCUT2D eigenvalue weighted by Crippen LogP contribution is -2.36. The first-order valence-electron chi connectivity index (χ1n) is 3.17. The van der Waals surface area contributed by atoms with E-state index in [0.29, 0.717) is 0 Å². The van der Waals surface area contributed by atoms with Gasteiger partial charge in [0, 0.05) is 12.2 Å². The topological polar surface area (TPSA) is 4.36 Å². The van der Waals surface area contributed by atoms with Gasteiger partial charge in [-0.25, -0.2) is 6.57 Å². The Hall–Kier alpha value is -0.510. The molecule has 1 nitrogen and oxygen atoms in total. The molecule has 0 saturated carbocycles. The van der Waals surface area contributed by atoms with Gasteiger partial charge in [-0.05, 0) is 0 Å². The van der Waals surface area contributed by atoms with Gasteiger partial charge in [-0.2, -0.15) is 22.0 Å².